The van der Waals surface area contributed by atoms with Crippen molar-refractivity contribution in [1.29, 1.82) is 0 Å². The number of methoxy groups -OCH3 is 1. The van der Waals surface area contributed by atoms with Gasteiger partial charge in [-0.05, 0) is 36.6 Å². The van der Waals surface area contributed by atoms with Gasteiger partial charge in [0.2, 0.25) is 9.05 Å². The summed E-state index contributed by atoms with van der Waals surface area (Å²) in [5.41, 5.74) is 1.39. The van der Waals surface area contributed by atoms with Gasteiger partial charge in [0.05, 0.1) is 12.9 Å². The molecular weight excluding hydrogens is 255 g/mol. The minimum absolute atomic E-state index is 0.148. The van der Waals surface area contributed by atoms with Crippen LogP contribution in [-0.2, 0) is 15.5 Å². The van der Waals surface area contributed by atoms with Gasteiger partial charge < -0.3 is 4.74 Å². The lowest BCUT2D eigenvalue weighted by molar-refractivity contribution is 0.386. The number of halogens is 2. The molecule has 6 heteroatoms. The summed E-state index contributed by atoms with van der Waals surface area (Å²) in [5, 5.41) is 0. The van der Waals surface area contributed by atoms with Crippen molar-refractivity contribution in [2.45, 2.75) is 13.3 Å². The van der Waals surface area contributed by atoms with Gasteiger partial charge in [-0.3, -0.25) is 0 Å². The number of rotatable bonds is 4. The zero-order chi connectivity index (χ0) is 12.3. The Balaban J connectivity index is 2.94. The Labute approximate surface area is 98.6 Å². The second-order valence-corrected chi connectivity index (χ2v) is 6.30. The summed E-state index contributed by atoms with van der Waals surface area (Å²) >= 11 is 0. The topological polar surface area (TPSA) is 43.4 Å². The maximum absolute atomic E-state index is 13.3. The van der Waals surface area contributed by atoms with E-state index in [0.29, 0.717) is 5.56 Å². The number of hydrogen-bond donors (Lipinski definition) is 0. The molecule has 0 unspecified atom stereocenters. The first-order chi connectivity index (χ1) is 7.33. The summed E-state index contributed by atoms with van der Waals surface area (Å²) in [6.45, 7) is 1.76. The van der Waals surface area contributed by atoms with E-state index < -0.39 is 14.9 Å². The zero-order valence-corrected chi connectivity index (χ0v) is 10.5. The van der Waals surface area contributed by atoms with Gasteiger partial charge in [-0.1, -0.05) is 0 Å². The second-order valence-electron chi connectivity index (χ2n) is 3.41. The SMILES string of the molecule is COc1cc(C)c(CCS(=O)(=O)Cl)cc1F. The van der Waals surface area contributed by atoms with E-state index in [1.54, 1.807) is 6.92 Å². The molecule has 16 heavy (non-hydrogen) atoms. The van der Waals surface area contributed by atoms with Gasteiger partial charge in [-0.2, -0.15) is 0 Å². The first kappa shape index (κ1) is 13.3. The van der Waals surface area contributed by atoms with Gasteiger partial charge >= 0.3 is 0 Å². The molecule has 0 aliphatic carbocycles. The zero-order valence-electron chi connectivity index (χ0n) is 8.96. The van der Waals surface area contributed by atoms with E-state index >= 15 is 0 Å². The molecule has 0 aliphatic heterocycles. The highest BCUT2D eigenvalue weighted by Crippen LogP contribution is 2.22. The second kappa shape index (κ2) is 5.01. The van der Waals surface area contributed by atoms with Gasteiger partial charge in [0.25, 0.3) is 0 Å². The quantitative estimate of drug-likeness (QED) is 0.785. The van der Waals surface area contributed by atoms with Crippen molar-refractivity contribution < 1.29 is 17.5 Å². The summed E-state index contributed by atoms with van der Waals surface area (Å²) in [7, 11) is 2.91. The molecule has 0 bridgehead atoms. The van der Waals surface area contributed by atoms with Crippen molar-refractivity contribution in [3.05, 3.63) is 29.1 Å². The van der Waals surface area contributed by atoms with Crippen molar-refractivity contribution in [2.75, 3.05) is 12.9 Å². The van der Waals surface area contributed by atoms with E-state index in [0.717, 1.165) is 5.56 Å². The molecule has 1 aromatic rings. The molecule has 3 nitrogen and oxygen atoms in total. The lowest BCUT2D eigenvalue weighted by Crippen LogP contribution is -2.03. The summed E-state index contributed by atoms with van der Waals surface area (Å²) in [4.78, 5) is 0. The van der Waals surface area contributed by atoms with Crippen molar-refractivity contribution in [3.8, 4) is 5.75 Å². The van der Waals surface area contributed by atoms with E-state index in [2.05, 4.69) is 0 Å². The minimum atomic E-state index is -3.55. The third-order valence-electron chi connectivity index (χ3n) is 2.23. The Kier molecular flexibility index (Phi) is 4.15. The highest BCUT2D eigenvalue weighted by atomic mass is 35.7. The first-order valence-corrected chi connectivity index (χ1v) is 7.06. The highest BCUT2D eigenvalue weighted by Gasteiger charge is 2.11. The molecule has 0 saturated heterocycles. The number of hydrogen-bond acceptors (Lipinski definition) is 3. The van der Waals surface area contributed by atoms with Crippen LogP contribution in [0.15, 0.2) is 12.1 Å². The average molecular weight is 267 g/mol. The molecule has 90 valence electrons. The van der Waals surface area contributed by atoms with E-state index in [4.69, 9.17) is 15.4 Å². The van der Waals surface area contributed by atoms with Crippen molar-refractivity contribution in [3.63, 3.8) is 0 Å². The van der Waals surface area contributed by atoms with E-state index in [9.17, 15) is 12.8 Å². The highest BCUT2D eigenvalue weighted by molar-refractivity contribution is 8.13. The molecule has 0 spiro atoms. The standard InChI is InChI=1S/C10H12ClFO3S/c1-7-5-10(15-2)9(12)6-8(7)3-4-16(11,13)14/h5-6H,3-4H2,1-2H3. The number of benzene rings is 1. The van der Waals surface area contributed by atoms with Gasteiger partial charge in [0.15, 0.2) is 11.6 Å². The van der Waals surface area contributed by atoms with Crippen LogP contribution in [0.25, 0.3) is 0 Å². The van der Waals surface area contributed by atoms with Crippen LogP contribution in [0.4, 0.5) is 4.39 Å². The van der Waals surface area contributed by atoms with Crippen molar-refractivity contribution in [2.24, 2.45) is 0 Å². The predicted octanol–water partition coefficient (Wildman–Crippen LogP) is 2.25. The Morgan fingerprint density at radius 1 is 1.44 bits per heavy atom. The molecular formula is C10H12ClFO3S. The van der Waals surface area contributed by atoms with E-state index in [1.807, 2.05) is 0 Å². The van der Waals surface area contributed by atoms with Crippen LogP contribution in [0.2, 0.25) is 0 Å². The van der Waals surface area contributed by atoms with Gasteiger partial charge in [0, 0.05) is 10.7 Å². The van der Waals surface area contributed by atoms with Crippen LogP contribution in [0.1, 0.15) is 11.1 Å². The van der Waals surface area contributed by atoms with Crippen LogP contribution in [-0.4, -0.2) is 21.3 Å². The van der Waals surface area contributed by atoms with E-state index in [-0.39, 0.29) is 17.9 Å². The predicted molar refractivity (Wildman–Crippen MR) is 61.0 cm³/mol. The van der Waals surface area contributed by atoms with Crippen LogP contribution in [0.5, 0.6) is 5.75 Å². The fraction of sp³-hybridized carbons (Fsp3) is 0.400. The van der Waals surface area contributed by atoms with Crippen LogP contribution < -0.4 is 4.74 Å². The fourth-order valence-electron chi connectivity index (χ4n) is 1.35. The molecule has 1 aromatic carbocycles. The molecule has 0 aliphatic rings. The minimum Gasteiger partial charge on any atom is -0.494 e. The molecule has 0 atom stereocenters. The molecule has 0 fully saturated rings. The number of aryl methyl sites for hydroxylation is 2. The molecule has 0 saturated carbocycles. The van der Waals surface area contributed by atoms with Gasteiger partial charge in [0.1, 0.15) is 0 Å². The molecule has 1 rings (SSSR count). The van der Waals surface area contributed by atoms with Gasteiger partial charge in [-0.25, -0.2) is 12.8 Å². The molecule has 0 aromatic heterocycles. The maximum Gasteiger partial charge on any atom is 0.232 e. The summed E-state index contributed by atoms with van der Waals surface area (Å²) < 4.78 is 39.7. The number of ether oxygens (including phenoxy) is 1. The molecule has 0 radical (unpaired) electrons. The normalized spacial score (nSPS) is 11.5. The Morgan fingerprint density at radius 2 is 2.06 bits per heavy atom. The molecule has 0 amide bonds. The summed E-state index contributed by atoms with van der Waals surface area (Å²) in [5.74, 6) is -0.564. The summed E-state index contributed by atoms with van der Waals surface area (Å²) in [6.07, 6.45) is 0.193. The fourth-order valence-corrected chi connectivity index (χ4v) is 2.05. The largest absolute Gasteiger partial charge is 0.494 e. The van der Waals surface area contributed by atoms with Crippen LogP contribution in [0.3, 0.4) is 0 Å². The van der Waals surface area contributed by atoms with Crippen LogP contribution in [0, 0.1) is 12.7 Å². The monoisotopic (exact) mass is 266 g/mol. The van der Waals surface area contributed by atoms with Gasteiger partial charge in [-0.15, -0.1) is 0 Å². The Bertz CT molecular complexity index is 485. The smallest absolute Gasteiger partial charge is 0.232 e. The Morgan fingerprint density at radius 3 is 2.56 bits per heavy atom. The Hall–Kier alpha value is -0.810. The average Bonchev–Trinajstić information content (AvgIpc) is 2.17. The van der Waals surface area contributed by atoms with E-state index in [1.165, 1.54) is 19.2 Å². The molecule has 0 N–H and O–H groups in total. The summed E-state index contributed by atoms with van der Waals surface area (Å²) in [6, 6.07) is 2.81. The lowest BCUT2D eigenvalue weighted by atomic mass is 10.1. The third-order valence-corrected chi connectivity index (χ3v) is 3.38. The third kappa shape index (κ3) is 3.64. The first-order valence-electron chi connectivity index (χ1n) is 4.59. The van der Waals surface area contributed by atoms with Crippen molar-refractivity contribution >= 4 is 19.7 Å². The lowest BCUT2D eigenvalue weighted by Gasteiger charge is -2.08. The maximum atomic E-state index is 13.3. The van der Waals surface area contributed by atoms with Crippen molar-refractivity contribution in [1.82, 2.24) is 0 Å². The van der Waals surface area contributed by atoms with Crippen LogP contribution >= 0.6 is 10.7 Å². The molecule has 0 heterocycles.